The van der Waals surface area contributed by atoms with Crippen LogP contribution in [0, 0.1) is 5.82 Å². The van der Waals surface area contributed by atoms with E-state index in [0.29, 0.717) is 23.9 Å². The van der Waals surface area contributed by atoms with E-state index in [1.807, 2.05) is 31.2 Å². The van der Waals surface area contributed by atoms with Gasteiger partial charge in [0.15, 0.2) is 5.16 Å². The second-order valence-electron chi connectivity index (χ2n) is 5.44. The van der Waals surface area contributed by atoms with E-state index in [0.717, 1.165) is 11.0 Å². The first-order chi connectivity index (χ1) is 12.2. The van der Waals surface area contributed by atoms with E-state index in [-0.39, 0.29) is 17.0 Å². The van der Waals surface area contributed by atoms with Crippen LogP contribution in [0.25, 0.3) is 16.7 Å². The van der Waals surface area contributed by atoms with Crippen molar-refractivity contribution in [1.82, 2.24) is 9.55 Å². The minimum Gasteiger partial charge on any atom is -0.465 e. The van der Waals surface area contributed by atoms with Crippen LogP contribution < -0.4 is 0 Å². The lowest BCUT2D eigenvalue weighted by molar-refractivity contribution is -0.142. The number of rotatable bonds is 6. The highest BCUT2D eigenvalue weighted by Crippen LogP contribution is 2.32. The van der Waals surface area contributed by atoms with Gasteiger partial charge in [0.1, 0.15) is 11.1 Å². The molecule has 0 saturated heterocycles. The molecule has 2 aromatic carbocycles. The Bertz CT molecular complexity index is 894. The van der Waals surface area contributed by atoms with Gasteiger partial charge in [-0.2, -0.15) is 0 Å². The third kappa shape index (κ3) is 3.54. The summed E-state index contributed by atoms with van der Waals surface area (Å²) in [6.45, 7) is 4.04. The molecule has 4 nitrogen and oxygen atoms in total. The zero-order valence-electron chi connectivity index (χ0n) is 14.1. The monoisotopic (exact) mass is 358 g/mol. The Balaban J connectivity index is 2.10. The van der Waals surface area contributed by atoms with E-state index >= 15 is 0 Å². The summed E-state index contributed by atoms with van der Waals surface area (Å²) >= 11 is 1.30. The molecule has 1 aromatic heterocycles. The Hall–Kier alpha value is -2.34. The predicted octanol–water partition coefficient (Wildman–Crippen LogP) is 4.60. The molecule has 0 spiro atoms. The molecule has 3 rings (SSSR count). The van der Waals surface area contributed by atoms with E-state index in [1.54, 1.807) is 29.7 Å². The number of ether oxygens (including phenoxy) is 1. The Morgan fingerprint density at radius 2 is 1.92 bits per heavy atom. The summed E-state index contributed by atoms with van der Waals surface area (Å²) < 4.78 is 21.3. The Morgan fingerprint density at radius 1 is 1.20 bits per heavy atom. The maximum Gasteiger partial charge on any atom is 0.319 e. The number of hydrogen-bond acceptors (Lipinski definition) is 4. The SMILES string of the molecule is CCOC(=O)C(CC)Sc1nc2ccccc2n1-c1ccccc1F. The highest BCUT2D eigenvalue weighted by Gasteiger charge is 2.24. The topological polar surface area (TPSA) is 44.1 Å². The van der Waals surface area contributed by atoms with E-state index in [1.165, 1.54) is 17.8 Å². The van der Waals surface area contributed by atoms with Gasteiger partial charge >= 0.3 is 5.97 Å². The fraction of sp³-hybridized carbons (Fsp3) is 0.263. The third-order valence-corrected chi connectivity index (χ3v) is 5.09. The third-order valence-electron chi connectivity index (χ3n) is 3.79. The lowest BCUT2D eigenvalue weighted by atomic mass is 10.2. The number of thioether (sulfide) groups is 1. The molecule has 3 aromatic rings. The van der Waals surface area contributed by atoms with Gasteiger partial charge in [0.2, 0.25) is 0 Å². The van der Waals surface area contributed by atoms with Crippen molar-refractivity contribution in [2.45, 2.75) is 30.7 Å². The molecule has 0 bridgehead atoms. The molecule has 1 heterocycles. The van der Waals surface area contributed by atoms with Crippen molar-refractivity contribution in [1.29, 1.82) is 0 Å². The van der Waals surface area contributed by atoms with Crippen LogP contribution >= 0.6 is 11.8 Å². The molecule has 0 saturated carbocycles. The fourth-order valence-electron chi connectivity index (χ4n) is 2.61. The molecule has 0 aliphatic rings. The number of halogens is 1. The van der Waals surface area contributed by atoms with Crippen molar-refractivity contribution in [3.63, 3.8) is 0 Å². The largest absolute Gasteiger partial charge is 0.465 e. The highest BCUT2D eigenvalue weighted by molar-refractivity contribution is 8.00. The normalized spacial score (nSPS) is 12.3. The van der Waals surface area contributed by atoms with Crippen LogP contribution in [0.5, 0.6) is 0 Å². The van der Waals surface area contributed by atoms with Crippen LogP contribution in [0.4, 0.5) is 4.39 Å². The van der Waals surface area contributed by atoms with E-state index in [4.69, 9.17) is 4.74 Å². The van der Waals surface area contributed by atoms with Gasteiger partial charge < -0.3 is 4.74 Å². The van der Waals surface area contributed by atoms with Gasteiger partial charge in [0, 0.05) is 0 Å². The first-order valence-electron chi connectivity index (χ1n) is 8.21. The van der Waals surface area contributed by atoms with Crippen molar-refractivity contribution in [2.24, 2.45) is 0 Å². The van der Waals surface area contributed by atoms with Crippen LogP contribution in [0.1, 0.15) is 20.3 Å². The van der Waals surface area contributed by atoms with E-state index in [2.05, 4.69) is 4.98 Å². The predicted molar refractivity (Wildman–Crippen MR) is 97.6 cm³/mol. The van der Waals surface area contributed by atoms with Crippen molar-refractivity contribution < 1.29 is 13.9 Å². The van der Waals surface area contributed by atoms with Crippen LogP contribution in [-0.2, 0) is 9.53 Å². The summed E-state index contributed by atoms with van der Waals surface area (Å²) in [5, 5.41) is 0.188. The summed E-state index contributed by atoms with van der Waals surface area (Å²) in [5.41, 5.74) is 1.97. The van der Waals surface area contributed by atoms with Gasteiger partial charge in [-0.3, -0.25) is 9.36 Å². The Labute approximate surface area is 150 Å². The Kier molecular flexibility index (Phi) is 5.38. The summed E-state index contributed by atoms with van der Waals surface area (Å²) in [4.78, 5) is 16.8. The molecular weight excluding hydrogens is 339 g/mol. The van der Waals surface area contributed by atoms with Crippen LogP contribution in [0.15, 0.2) is 53.7 Å². The number of aromatic nitrogens is 2. The number of para-hydroxylation sites is 3. The molecule has 0 radical (unpaired) electrons. The highest BCUT2D eigenvalue weighted by atomic mass is 32.2. The van der Waals surface area contributed by atoms with Crippen molar-refractivity contribution in [3.05, 3.63) is 54.3 Å². The molecule has 0 amide bonds. The summed E-state index contributed by atoms with van der Waals surface area (Å²) in [6, 6.07) is 14.1. The summed E-state index contributed by atoms with van der Waals surface area (Å²) in [7, 11) is 0. The van der Waals surface area contributed by atoms with Gasteiger partial charge in [0.05, 0.1) is 23.3 Å². The molecule has 6 heteroatoms. The average Bonchev–Trinajstić information content (AvgIpc) is 2.98. The smallest absolute Gasteiger partial charge is 0.319 e. The number of carbonyl (C=O) groups excluding carboxylic acids is 1. The minimum atomic E-state index is -0.387. The van der Waals surface area contributed by atoms with Crippen LogP contribution in [0.2, 0.25) is 0 Å². The van der Waals surface area contributed by atoms with Crippen LogP contribution in [-0.4, -0.2) is 27.4 Å². The first kappa shape index (κ1) is 17.5. The zero-order chi connectivity index (χ0) is 17.8. The number of carbonyl (C=O) groups is 1. The maximum atomic E-state index is 14.4. The van der Waals surface area contributed by atoms with Crippen molar-refractivity contribution in [2.75, 3.05) is 6.61 Å². The number of esters is 1. The van der Waals surface area contributed by atoms with Gasteiger partial charge in [0.25, 0.3) is 0 Å². The molecule has 0 fully saturated rings. The summed E-state index contributed by atoms with van der Waals surface area (Å²) in [6.07, 6.45) is 0.601. The second-order valence-corrected chi connectivity index (χ2v) is 6.61. The summed E-state index contributed by atoms with van der Waals surface area (Å²) in [5.74, 6) is -0.612. The number of hydrogen-bond donors (Lipinski definition) is 0. The zero-order valence-corrected chi connectivity index (χ0v) is 14.9. The minimum absolute atomic E-state index is 0.276. The fourth-order valence-corrected chi connectivity index (χ4v) is 3.65. The molecule has 1 atom stereocenters. The number of nitrogens with zero attached hydrogens (tertiary/aromatic N) is 2. The lowest BCUT2D eigenvalue weighted by Crippen LogP contribution is -2.20. The van der Waals surface area contributed by atoms with Crippen molar-refractivity contribution >= 4 is 28.8 Å². The molecule has 130 valence electrons. The van der Waals surface area contributed by atoms with Crippen molar-refractivity contribution in [3.8, 4) is 5.69 Å². The maximum absolute atomic E-state index is 14.4. The molecule has 0 aliphatic carbocycles. The number of fused-ring (bicyclic) bond motifs is 1. The van der Waals surface area contributed by atoms with Gasteiger partial charge in [-0.25, -0.2) is 9.37 Å². The quantitative estimate of drug-likeness (QED) is 0.477. The second kappa shape index (κ2) is 7.70. The van der Waals surface area contributed by atoms with E-state index < -0.39 is 0 Å². The van der Waals surface area contributed by atoms with E-state index in [9.17, 15) is 9.18 Å². The van der Waals surface area contributed by atoms with Crippen LogP contribution in [0.3, 0.4) is 0 Å². The Morgan fingerprint density at radius 3 is 2.64 bits per heavy atom. The molecule has 1 unspecified atom stereocenters. The van der Waals surface area contributed by atoms with Gasteiger partial charge in [-0.1, -0.05) is 43.0 Å². The number of imidazole rings is 1. The average molecular weight is 358 g/mol. The van der Waals surface area contributed by atoms with Gasteiger partial charge in [-0.15, -0.1) is 0 Å². The molecule has 0 aliphatic heterocycles. The standard InChI is InChI=1S/C19H19FN2O2S/c1-3-17(18(23)24-4-2)25-19-21-14-10-6-8-12-16(14)22(19)15-11-7-5-9-13(15)20/h5-12,17H,3-4H2,1-2H3. The lowest BCUT2D eigenvalue weighted by Gasteiger charge is -2.14. The molecule has 0 N–H and O–H groups in total. The van der Waals surface area contributed by atoms with Gasteiger partial charge in [-0.05, 0) is 37.6 Å². The number of benzene rings is 2. The molecule has 25 heavy (non-hydrogen) atoms. The first-order valence-corrected chi connectivity index (χ1v) is 9.09. The molecular formula is C19H19FN2O2S.